The first-order chi connectivity index (χ1) is 10.7. The van der Waals surface area contributed by atoms with E-state index in [1.54, 1.807) is 19.4 Å². The zero-order valence-electron chi connectivity index (χ0n) is 12.9. The van der Waals surface area contributed by atoms with Crippen molar-refractivity contribution in [2.24, 2.45) is 0 Å². The molecule has 1 aromatic carbocycles. The summed E-state index contributed by atoms with van der Waals surface area (Å²) in [6.45, 7) is 3.54. The van der Waals surface area contributed by atoms with E-state index in [4.69, 9.17) is 4.74 Å². The highest BCUT2D eigenvalue weighted by Crippen LogP contribution is 2.11. The molecule has 0 saturated carbocycles. The van der Waals surface area contributed by atoms with Gasteiger partial charge >= 0.3 is 0 Å². The molecule has 1 aromatic heterocycles. The Hall–Kier alpha value is -2.40. The van der Waals surface area contributed by atoms with Crippen LogP contribution in [0.25, 0.3) is 0 Å². The van der Waals surface area contributed by atoms with Crippen LogP contribution >= 0.6 is 0 Å². The summed E-state index contributed by atoms with van der Waals surface area (Å²) in [5, 5.41) is 6.05. The number of aromatic nitrogens is 1. The fraction of sp³-hybridized carbons (Fsp3) is 0.294. The molecule has 5 heteroatoms. The van der Waals surface area contributed by atoms with E-state index in [-0.39, 0.29) is 5.91 Å². The Morgan fingerprint density at radius 1 is 1.14 bits per heavy atom. The molecule has 2 rings (SSSR count). The fourth-order valence-corrected chi connectivity index (χ4v) is 1.91. The minimum absolute atomic E-state index is 0.213. The number of rotatable bonds is 7. The molecular formula is C17H21N3O2. The Kier molecular flexibility index (Phi) is 5.91. The molecule has 0 unspecified atom stereocenters. The second kappa shape index (κ2) is 8.14. The second-order valence-electron chi connectivity index (χ2n) is 5.03. The number of benzene rings is 1. The summed E-state index contributed by atoms with van der Waals surface area (Å²) in [6, 6.07) is 11.2. The van der Waals surface area contributed by atoms with E-state index in [1.807, 2.05) is 37.3 Å². The molecule has 5 nitrogen and oxygen atoms in total. The monoisotopic (exact) mass is 299 g/mol. The predicted molar refractivity (Wildman–Crippen MR) is 88.4 cm³/mol. The maximum atomic E-state index is 12.1. The van der Waals surface area contributed by atoms with Crippen LogP contribution in [0, 0.1) is 6.92 Å². The van der Waals surface area contributed by atoms with Crippen LogP contribution in [-0.2, 0) is 4.74 Å². The van der Waals surface area contributed by atoms with Crippen molar-refractivity contribution in [1.82, 2.24) is 4.98 Å². The maximum absolute atomic E-state index is 12.1. The number of aryl methyl sites for hydroxylation is 1. The van der Waals surface area contributed by atoms with E-state index >= 15 is 0 Å². The average Bonchev–Trinajstić information content (AvgIpc) is 2.54. The summed E-state index contributed by atoms with van der Waals surface area (Å²) < 4.78 is 4.99. The van der Waals surface area contributed by atoms with Crippen LogP contribution in [-0.4, -0.2) is 31.2 Å². The normalized spacial score (nSPS) is 10.3. The van der Waals surface area contributed by atoms with Gasteiger partial charge in [-0.05, 0) is 37.6 Å². The minimum Gasteiger partial charge on any atom is -0.385 e. The molecule has 0 saturated heterocycles. The molecule has 2 N–H and O–H groups in total. The van der Waals surface area contributed by atoms with Gasteiger partial charge in [-0.15, -0.1) is 0 Å². The lowest BCUT2D eigenvalue weighted by Gasteiger charge is -2.07. The van der Waals surface area contributed by atoms with Gasteiger partial charge in [0.25, 0.3) is 5.91 Å². The number of nitrogens with zero attached hydrogens (tertiary/aromatic N) is 1. The molecule has 0 aliphatic carbocycles. The van der Waals surface area contributed by atoms with E-state index in [2.05, 4.69) is 15.6 Å². The molecule has 0 bridgehead atoms. The maximum Gasteiger partial charge on any atom is 0.274 e. The smallest absolute Gasteiger partial charge is 0.274 e. The summed E-state index contributed by atoms with van der Waals surface area (Å²) in [5.74, 6) is -0.213. The predicted octanol–water partition coefficient (Wildman–Crippen LogP) is 3.09. The van der Waals surface area contributed by atoms with Gasteiger partial charge in [-0.2, -0.15) is 0 Å². The Labute approximate surface area is 130 Å². The lowest BCUT2D eigenvalue weighted by Crippen LogP contribution is -2.14. The highest BCUT2D eigenvalue weighted by atomic mass is 16.5. The van der Waals surface area contributed by atoms with Gasteiger partial charge in [-0.25, -0.2) is 4.98 Å². The molecule has 0 atom stereocenters. The third-order valence-electron chi connectivity index (χ3n) is 3.16. The quantitative estimate of drug-likeness (QED) is 0.771. The Balaban J connectivity index is 1.89. The van der Waals surface area contributed by atoms with Crippen LogP contribution in [0.5, 0.6) is 0 Å². The molecule has 0 aliphatic heterocycles. The van der Waals surface area contributed by atoms with E-state index < -0.39 is 0 Å². The van der Waals surface area contributed by atoms with Gasteiger partial charge in [0.15, 0.2) is 0 Å². The molecule has 0 fully saturated rings. The Morgan fingerprint density at radius 2 is 1.86 bits per heavy atom. The van der Waals surface area contributed by atoms with Crippen LogP contribution in [0.3, 0.4) is 0 Å². The zero-order chi connectivity index (χ0) is 15.8. The topological polar surface area (TPSA) is 63.2 Å². The first kappa shape index (κ1) is 16.0. The summed E-state index contributed by atoms with van der Waals surface area (Å²) >= 11 is 0. The summed E-state index contributed by atoms with van der Waals surface area (Å²) in [4.78, 5) is 16.3. The number of amides is 1. The standard InChI is InChI=1S/C17H21N3O2/c1-13-4-6-14(7-5-13)20-17(21)16-9-8-15(12-19-16)18-10-3-11-22-2/h4-9,12,18H,3,10-11H2,1-2H3,(H,20,21). The van der Waals surface area contributed by atoms with Crippen LogP contribution in [0.15, 0.2) is 42.6 Å². The molecule has 0 aliphatic rings. The van der Waals surface area contributed by atoms with Gasteiger partial charge < -0.3 is 15.4 Å². The zero-order valence-corrected chi connectivity index (χ0v) is 12.9. The minimum atomic E-state index is -0.213. The Bertz CT molecular complexity index is 594. The van der Waals surface area contributed by atoms with Gasteiger partial charge in [0.1, 0.15) is 5.69 Å². The van der Waals surface area contributed by atoms with Crippen molar-refractivity contribution in [3.8, 4) is 0 Å². The van der Waals surface area contributed by atoms with Crippen molar-refractivity contribution in [1.29, 1.82) is 0 Å². The molecular weight excluding hydrogens is 278 g/mol. The average molecular weight is 299 g/mol. The fourth-order valence-electron chi connectivity index (χ4n) is 1.91. The third kappa shape index (κ3) is 4.86. The number of pyridine rings is 1. The van der Waals surface area contributed by atoms with Gasteiger partial charge in [0, 0.05) is 25.9 Å². The Morgan fingerprint density at radius 3 is 2.50 bits per heavy atom. The summed E-state index contributed by atoms with van der Waals surface area (Å²) in [5.41, 5.74) is 3.20. The van der Waals surface area contributed by atoms with Crippen molar-refractivity contribution in [2.45, 2.75) is 13.3 Å². The van der Waals surface area contributed by atoms with Crippen molar-refractivity contribution in [3.05, 3.63) is 53.9 Å². The summed E-state index contributed by atoms with van der Waals surface area (Å²) in [7, 11) is 1.68. The number of anilines is 2. The number of hydrogen-bond acceptors (Lipinski definition) is 4. The van der Waals surface area contributed by atoms with Crippen molar-refractivity contribution in [3.63, 3.8) is 0 Å². The lowest BCUT2D eigenvalue weighted by atomic mass is 10.2. The number of ether oxygens (including phenoxy) is 1. The molecule has 116 valence electrons. The van der Waals surface area contributed by atoms with Crippen molar-refractivity contribution in [2.75, 3.05) is 30.9 Å². The third-order valence-corrected chi connectivity index (χ3v) is 3.16. The van der Waals surface area contributed by atoms with Crippen LogP contribution in [0.2, 0.25) is 0 Å². The number of carbonyl (C=O) groups excluding carboxylic acids is 1. The molecule has 22 heavy (non-hydrogen) atoms. The van der Waals surface area contributed by atoms with Gasteiger partial charge in [0.05, 0.1) is 11.9 Å². The SMILES string of the molecule is COCCCNc1ccc(C(=O)Nc2ccc(C)cc2)nc1. The molecule has 1 heterocycles. The van der Waals surface area contributed by atoms with Crippen molar-refractivity contribution < 1.29 is 9.53 Å². The number of methoxy groups -OCH3 is 1. The van der Waals surface area contributed by atoms with Crippen LogP contribution in [0.4, 0.5) is 11.4 Å². The number of carbonyl (C=O) groups is 1. The van der Waals surface area contributed by atoms with Crippen LogP contribution in [0.1, 0.15) is 22.5 Å². The highest BCUT2D eigenvalue weighted by Gasteiger charge is 2.07. The van der Waals surface area contributed by atoms with Gasteiger partial charge in [-0.3, -0.25) is 4.79 Å². The first-order valence-electron chi connectivity index (χ1n) is 7.26. The number of nitrogens with one attached hydrogen (secondary N) is 2. The highest BCUT2D eigenvalue weighted by molar-refractivity contribution is 6.02. The second-order valence-corrected chi connectivity index (χ2v) is 5.03. The van der Waals surface area contributed by atoms with Gasteiger partial charge in [0.2, 0.25) is 0 Å². The molecule has 2 aromatic rings. The van der Waals surface area contributed by atoms with E-state index in [0.29, 0.717) is 5.69 Å². The van der Waals surface area contributed by atoms with Gasteiger partial charge in [-0.1, -0.05) is 17.7 Å². The number of hydrogen-bond donors (Lipinski definition) is 2. The van der Waals surface area contributed by atoms with E-state index in [9.17, 15) is 4.79 Å². The lowest BCUT2D eigenvalue weighted by molar-refractivity contribution is 0.102. The van der Waals surface area contributed by atoms with Crippen LogP contribution < -0.4 is 10.6 Å². The largest absolute Gasteiger partial charge is 0.385 e. The van der Waals surface area contributed by atoms with E-state index in [0.717, 1.165) is 36.5 Å². The molecule has 0 spiro atoms. The summed E-state index contributed by atoms with van der Waals surface area (Å²) in [6.07, 6.45) is 2.59. The molecule has 1 amide bonds. The van der Waals surface area contributed by atoms with Crippen molar-refractivity contribution >= 4 is 17.3 Å². The molecule has 0 radical (unpaired) electrons. The van der Waals surface area contributed by atoms with E-state index in [1.165, 1.54) is 0 Å². The first-order valence-corrected chi connectivity index (χ1v) is 7.26.